The summed E-state index contributed by atoms with van der Waals surface area (Å²) in [7, 11) is 0. The number of pyridine rings is 1. The zero-order valence-corrected chi connectivity index (χ0v) is 7.73. The highest BCUT2D eigenvalue weighted by Gasteiger charge is 2.29. The SMILES string of the molecule is C[C@H](Oc1ccc(N)cn1)C1CC1. The second-order valence-electron chi connectivity index (χ2n) is 3.59. The summed E-state index contributed by atoms with van der Waals surface area (Å²) in [6, 6.07) is 3.62. The minimum atomic E-state index is 0.288. The van der Waals surface area contributed by atoms with E-state index in [0.29, 0.717) is 11.6 Å². The molecule has 3 heteroatoms. The molecule has 0 amide bonds. The summed E-state index contributed by atoms with van der Waals surface area (Å²) >= 11 is 0. The molecule has 3 nitrogen and oxygen atoms in total. The molecule has 1 heterocycles. The molecule has 1 saturated carbocycles. The van der Waals surface area contributed by atoms with Gasteiger partial charge in [-0.05, 0) is 31.7 Å². The Hall–Kier alpha value is -1.25. The lowest BCUT2D eigenvalue weighted by atomic mass is 10.3. The Morgan fingerprint density at radius 1 is 1.54 bits per heavy atom. The van der Waals surface area contributed by atoms with E-state index < -0.39 is 0 Å². The maximum Gasteiger partial charge on any atom is 0.213 e. The summed E-state index contributed by atoms with van der Waals surface area (Å²) in [4.78, 5) is 4.08. The van der Waals surface area contributed by atoms with Crippen LogP contribution in [0.2, 0.25) is 0 Å². The van der Waals surface area contributed by atoms with Gasteiger partial charge in [-0.3, -0.25) is 0 Å². The Morgan fingerprint density at radius 3 is 2.85 bits per heavy atom. The lowest BCUT2D eigenvalue weighted by Crippen LogP contribution is -2.14. The van der Waals surface area contributed by atoms with Crippen LogP contribution in [0.5, 0.6) is 5.88 Å². The van der Waals surface area contributed by atoms with Crippen molar-refractivity contribution >= 4 is 5.69 Å². The number of nitrogens with two attached hydrogens (primary N) is 1. The molecular formula is C10H14N2O. The van der Waals surface area contributed by atoms with Crippen molar-refractivity contribution in [3.05, 3.63) is 18.3 Å². The van der Waals surface area contributed by atoms with Crippen LogP contribution in [-0.4, -0.2) is 11.1 Å². The molecule has 0 saturated heterocycles. The van der Waals surface area contributed by atoms with Gasteiger partial charge in [-0.25, -0.2) is 4.98 Å². The largest absolute Gasteiger partial charge is 0.474 e. The molecule has 2 N–H and O–H groups in total. The van der Waals surface area contributed by atoms with Gasteiger partial charge in [-0.1, -0.05) is 0 Å². The van der Waals surface area contributed by atoms with E-state index in [0.717, 1.165) is 5.92 Å². The predicted molar refractivity (Wildman–Crippen MR) is 51.5 cm³/mol. The summed E-state index contributed by atoms with van der Waals surface area (Å²) in [6.07, 6.45) is 4.48. The van der Waals surface area contributed by atoms with Crippen LogP contribution in [0.15, 0.2) is 18.3 Å². The van der Waals surface area contributed by atoms with Gasteiger partial charge in [-0.15, -0.1) is 0 Å². The Kier molecular flexibility index (Phi) is 2.08. The van der Waals surface area contributed by atoms with E-state index >= 15 is 0 Å². The molecule has 1 aliphatic rings. The molecular weight excluding hydrogens is 164 g/mol. The number of nitrogens with zero attached hydrogens (tertiary/aromatic N) is 1. The van der Waals surface area contributed by atoms with Gasteiger partial charge < -0.3 is 10.5 Å². The van der Waals surface area contributed by atoms with Crippen LogP contribution in [0.4, 0.5) is 5.69 Å². The van der Waals surface area contributed by atoms with Crippen LogP contribution in [0.1, 0.15) is 19.8 Å². The molecule has 0 radical (unpaired) electrons. The molecule has 1 aromatic heterocycles. The third-order valence-corrected chi connectivity index (χ3v) is 2.35. The first-order chi connectivity index (χ1) is 6.25. The monoisotopic (exact) mass is 178 g/mol. The molecule has 1 fully saturated rings. The van der Waals surface area contributed by atoms with Crippen molar-refractivity contribution in [2.75, 3.05) is 5.73 Å². The average Bonchev–Trinajstić information content (AvgIpc) is 2.91. The van der Waals surface area contributed by atoms with Crippen molar-refractivity contribution in [2.45, 2.75) is 25.9 Å². The molecule has 1 aliphatic carbocycles. The van der Waals surface area contributed by atoms with E-state index in [9.17, 15) is 0 Å². The van der Waals surface area contributed by atoms with Gasteiger partial charge in [0.25, 0.3) is 0 Å². The summed E-state index contributed by atoms with van der Waals surface area (Å²) in [5.74, 6) is 1.41. The number of anilines is 1. The number of hydrogen-bond donors (Lipinski definition) is 1. The first kappa shape index (κ1) is 8.35. The highest BCUT2D eigenvalue weighted by molar-refractivity contribution is 5.36. The lowest BCUT2D eigenvalue weighted by molar-refractivity contribution is 0.190. The Labute approximate surface area is 77.9 Å². The van der Waals surface area contributed by atoms with Crippen LogP contribution in [0, 0.1) is 5.92 Å². The van der Waals surface area contributed by atoms with Gasteiger partial charge in [-0.2, -0.15) is 0 Å². The fraction of sp³-hybridized carbons (Fsp3) is 0.500. The first-order valence-electron chi connectivity index (χ1n) is 4.64. The molecule has 1 aromatic rings. The highest BCUT2D eigenvalue weighted by Crippen LogP contribution is 2.34. The van der Waals surface area contributed by atoms with E-state index in [1.165, 1.54) is 12.8 Å². The molecule has 70 valence electrons. The van der Waals surface area contributed by atoms with Crippen molar-refractivity contribution < 1.29 is 4.74 Å². The van der Waals surface area contributed by atoms with Crippen molar-refractivity contribution in [1.29, 1.82) is 0 Å². The molecule has 0 bridgehead atoms. The van der Waals surface area contributed by atoms with E-state index in [-0.39, 0.29) is 6.10 Å². The standard InChI is InChI=1S/C10H14N2O/c1-7(8-2-3-8)13-10-5-4-9(11)6-12-10/h4-8H,2-3,11H2,1H3/t7-/m0/s1. The number of rotatable bonds is 3. The second kappa shape index (κ2) is 3.24. The van der Waals surface area contributed by atoms with Crippen LogP contribution < -0.4 is 10.5 Å². The van der Waals surface area contributed by atoms with Gasteiger partial charge in [0.05, 0.1) is 11.9 Å². The van der Waals surface area contributed by atoms with Crippen LogP contribution in [0.3, 0.4) is 0 Å². The topological polar surface area (TPSA) is 48.1 Å². The van der Waals surface area contributed by atoms with Gasteiger partial charge >= 0.3 is 0 Å². The highest BCUT2D eigenvalue weighted by atomic mass is 16.5. The molecule has 13 heavy (non-hydrogen) atoms. The zero-order chi connectivity index (χ0) is 9.26. The van der Waals surface area contributed by atoms with Gasteiger partial charge in [0, 0.05) is 6.07 Å². The fourth-order valence-corrected chi connectivity index (χ4v) is 1.31. The first-order valence-corrected chi connectivity index (χ1v) is 4.64. The molecule has 0 aliphatic heterocycles. The van der Waals surface area contributed by atoms with Crippen LogP contribution in [0.25, 0.3) is 0 Å². The summed E-state index contributed by atoms with van der Waals surface area (Å²) in [5, 5.41) is 0. The van der Waals surface area contributed by atoms with Gasteiger partial charge in [0.15, 0.2) is 0 Å². The van der Waals surface area contributed by atoms with Gasteiger partial charge in [0.1, 0.15) is 6.10 Å². The smallest absolute Gasteiger partial charge is 0.213 e. The number of ether oxygens (including phenoxy) is 1. The third-order valence-electron chi connectivity index (χ3n) is 2.35. The Balaban J connectivity index is 1.96. The molecule has 0 spiro atoms. The third kappa shape index (κ3) is 2.11. The summed E-state index contributed by atoms with van der Waals surface area (Å²) < 4.78 is 5.63. The average molecular weight is 178 g/mol. The zero-order valence-electron chi connectivity index (χ0n) is 7.73. The van der Waals surface area contributed by atoms with Crippen LogP contribution >= 0.6 is 0 Å². The van der Waals surface area contributed by atoms with Crippen molar-refractivity contribution in [3.8, 4) is 5.88 Å². The fourth-order valence-electron chi connectivity index (χ4n) is 1.31. The normalized spacial score (nSPS) is 18.2. The van der Waals surface area contributed by atoms with E-state index in [4.69, 9.17) is 10.5 Å². The maximum atomic E-state index is 5.63. The number of hydrogen-bond acceptors (Lipinski definition) is 3. The molecule has 1 atom stereocenters. The molecule has 2 rings (SSSR count). The summed E-state index contributed by atoms with van der Waals surface area (Å²) in [6.45, 7) is 2.09. The Bertz CT molecular complexity index is 279. The second-order valence-corrected chi connectivity index (χ2v) is 3.59. The van der Waals surface area contributed by atoms with Crippen LogP contribution in [-0.2, 0) is 0 Å². The minimum Gasteiger partial charge on any atom is -0.474 e. The van der Waals surface area contributed by atoms with Crippen molar-refractivity contribution in [1.82, 2.24) is 4.98 Å². The number of nitrogen functional groups attached to an aromatic ring is 1. The lowest BCUT2D eigenvalue weighted by Gasteiger charge is -2.12. The molecule has 0 aromatic carbocycles. The van der Waals surface area contributed by atoms with Crippen molar-refractivity contribution in [3.63, 3.8) is 0 Å². The predicted octanol–water partition coefficient (Wildman–Crippen LogP) is 1.84. The van der Waals surface area contributed by atoms with E-state index in [1.54, 1.807) is 6.20 Å². The van der Waals surface area contributed by atoms with E-state index in [2.05, 4.69) is 11.9 Å². The number of aromatic nitrogens is 1. The Morgan fingerprint density at radius 2 is 2.31 bits per heavy atom. The van der Waals surface area contributed by atoms with Gasteiger partial charge in [0.2, 0.25) is 5.88 Å². The van der Waals surface area contributed by atoms with E-state index in [1.807, 2.05) is 12.1 Å². The maximum absolute atomic E-state index is 5.63. The van der Waals surface area contributed by atoms with Crippen molar-refractivity contribution in [2.24, 2.45) is 5.92 Å². The quantitative estimate of drug-likeness (QED) is 0.768. The summed E-state index contributed by atoms with van der Waals surface area (Å²) in [5.41, 5.74) is 6.18. The minimum absolute atomic E-state index is 0.288. The molecule has 0 unspecified atom stereocenters.